The molecule has 0 saturated carbocycles. The van der Waals surface area contributed by atoms with Crippen LogP contribution in [0.2, 0.25) is 0 Å². The number of aromatic hydroxyl groups is 1. The minimum atomic E-state index is -0.683. The maximum atomic E-state index is 10.5. The fraction of sp³-hybridized carbons (Fsp3) is 0.200. The summed E-state index contributed by atoms with van der Waals surface area (Å²) in [6.07, 6.45) is 1.31. The zero-order valence-corrected chi connectivity index (χ0v) is 5.40. The van der Waals surface area contributed by atoms with Crippen LogP contribution < -0.4 is 5.73 Å². The molecule has 0 bridgehead atoms. The zero-order chi connectivity index (χ0) is 7.72. The van der Waals surface area contributed by atoms with Gasteiger partial charge in [0.15, 0.2) is 5.69 Å². The minimum Gasteiger partial charge on any atom is -0.492 e. The molecule has 0 saturated heterocycles. The second-order valence-corrected chi connectivity index (χ2v) is 1.89. The smallest absolute Gasteiger partial charge is 0.271 e. The van der Waals surface area contributed by atoms with Crippen LogP contribution in [0, 0.1) is 0 Å². The maximum Gasteiger partial charge on any atom is 0.271 e. The molecule has 0 aliphatic carbocycles. The molecule has 0 aromatic carbocycles. The minimum absolute atomic E-state index is 0.0278. The molecule has 1 aromatic heterocycles. The van der Waals surface area contributed by atoms with Crippen molar-refractivity contribution in [3.8, 4) is 5.88 Å². The summed E-state index contributed by atoms with van der Waals surface area (Å²) in [6.45, 7) is 0. The molecule has 1 amide bonds. The number of hydrogen-bond acceptors (Lipinski definition) is 3. The van der Waals surface area contributed by atoms with Gasteiger partial charge in [-0.2, -0.15) is 0 Å². The highest BCUT2D eigenvalue weighted by atomic mass is 16.3. The number of carbonyl (C=O) groups is 1. The van der Waals surface area contributed by atoms with E-state index in [-0.39, 0.29) is 11.6 Å². The predicted octanol–water partition coefficient (Wildman–Crippen LogP) is -0.775. The molecule has 0 aliphatic rings. The van der Waals surface area contributed by atoms with E-state index < -0.39 is 5.91 Å². The molecule has 54 valence electrons. The van der Waals surface area contributed by atoms with Crippen molar-refractivity contribution in [2.24, 2.45) is 12.8 Å². The first-order valence-electron chi connectivity index (χ1n) is 2.63. The maximum absolute atomic E-state index is 10.5. The van der Waals surface area contributed by atoms with E-state index >= 15 is 0 Å². The molecule has 5 nitrogen and oxygen atoms in total. The number of nitrogens with two attached hydrogens (primary N) is 1. The highest BCUT2D eigenvalue weighted by Gasteiger charge is 2.11. The number of amides is 1. The van der Waals surface area contributed by atoms with Crippen LogP contribution in [0.1, 0.15) is 10.5 Å². The monoisotopic (exact) mass is 141 g/mol. The number of primary amides is 1. The van der Waals surface area contributed by atoms with E-state index in [2.05, 4.69) is 4.98 Å². The molecular weight excluding hydrogens is 134 g/mol. The van der Waals surface area contributed by atoms with Crippen LogP contribution >= 0.6 is 0 Å². The lowest BCUT2D eigenvalue weighted by Crippen LogP contribution is -2.14. The summed E-state index contributed by atoms with van der Waals surface area (Å²) in [6, 6.07) is 0. The highest BCUT2D eigenvalue weighted by Crippen LogP contribution is 2.10. The SMILES string of the molecule is Cn1cnc(O)c1C(N)=O. The van der Waals surface area contributed by atoms with E-state index in [0.717, 1.165) is 0 Å². The first kappa shape index (κ1) is 6.60. The highest BCUT2D eigenvalue weighted by molar-refractivity contribution is 5.93. The zero-order valence-electron chi connectivity index (χ0n) is 5.40. The number of rotatable bonds is 1. The van der Waals surface area contributed by atoms with Crippen LogP contribution in [0.3, 0.4) is 0 Å². The summed E-state index contributed by atoms with van der Waals surface area (Å²) < 4.78 is 1.36. The summed E-state index contributed by atoms with van der Waals surface area (Å²) in [7, 11) is 1.58. The molecule has 0 spiro atoms. The standard InChI is InChI=1S/C5H7N3O2/c1-8-2-7-5(10)3(8)4(6)9/h2,10H,1H3,(H2,6,9). The van der Waals surface area contributed by atoms with E-state index in [1.165, 1.54) is 10.9 Å². The average Bonchev–Trinajstić information content (AvgIpc) is 2.11. The third-order valence-electron chi connectivity index (χ3n) is 1.15. The number of carbonyl (C=O) groups excluding carboxylic acids is 1. The molecule has 3 N–H and O–H groups in total. The number of hydrogen-bond donors (Lipinski definition) is 2. The second-order valence-electron chi connectivity index (χ2n) is 1.89. The molecule has 0 fully saturated rings. The molecule has 1 heterocycles. The van der Waals surface area contributed by atoms with Crippen molar-refractivity contribution >= 4 is 5.91 Å². The average molecular weight is 141 g/mol. The van der Waals surface area contributed by atoms with Gasteiger partial charge < -0.3 is 15.4 Å². The van der Waals surface area contributed by atoms with Gasteiger partial charge in [0, 0.05) is 7.05 Å². The second kappa shape index (κ2) is 2.02. The largest absolute Gasteiger partial charge is 0.492 e. The number of aromatic nitrogens is 2. The lowest BCUT2D eigenvalue weighted by Gasteiger charge is -1.94. The van der Waals surface area contributed by atoms with E-state index in [9.17, 15) is 4.79 Å². The van der Waals surface area contributed by atoms with Crippen molar-refractivity contribution in [2.45, 2.75) is 0 Å². The van der Waals surface area contributed by atoms with Crippen molar-refractivity contribution < 1.29 is 9.90 Å². The van der Waals surface area contributed by atoms with Crippen molar-refractivity contribution in [2.75, 3.05) is 0 Å². The Morgan fingerprint density at radius 2 is 2.50 bits per heavy atom. The van der Waals surface area contributed by atoms with Crippen molar-refractivity contribution in [3.05, 3.63) is 12.0 Å². The number of aryl methyl sites for hydroxylation is 1. The first-order chi connectivity index (χ1) is 4.63. The van der Waals surface area contributed by atoms with Crippen LogP contribution in [0.25, 0.3) is 0 Å². The van der Waals surface area contributed by atoms with Crippen molar-refractivity contribution in [1.82, 2.24) is 9.55 Å². The molecule has 0 radical (unpaired) electrons. The number of imidazole rings is 1. The van der Waals surface area contributed by atoms with Crippen LogP contribution in [0.4, 0.5) is 0 Å². The van der Waals surface area contributed by atoms with Gasteiger partial charge in [-0.05, 0) is 0 Å². The Morgan fingerprint density at radius 3 is 2.70 bits per heavy atom. The molecule has 1 rings (SSSR count). The Labute approximate surface area is 57.1 Å². The molecule has 0 unspecified atom stereocenters. The lowest BCUT2D eigenvalue weighted by atomic mass is 10.4. The molecule has 10 heavy (non-hydrogen) atoms. The van der Waals surface area contributed by atoms with Gasteiger partial charge in [0.2, 0.25) is 5.88 Å². The molecule has 1 aromatic rings. The summed E-state index contributed by atoms with van der Waals surface area (Å²) in [4.78, 5) is 14.0. The van der Waals surface area contributed by atoms with Crippen molar-refractivity contribution in [3.63, 3.8) is 0 Å². The Hall–Kier alpha value is -1.52. The lowest BCUT2D eigenvalue weighted by molar-refractivity contribution is 0.0989. The fourth-order valence-electron chi connectivity index (χ4n) is 0.702. The normalized spacial score (nSPS) is 9.70. The van der Waals surface area contributed by atoms with Crippen LogP contribution in [0.15, 0.2) is 6.33 Å². The van der Waals surface area contributed by atoms with Crippen LogP contribution in [-0.2, 0) is 7.05 Å². The summed E-state index contributed by atoms with van der Waals surface area (Å²) in [5.41, 5.74) is 4.93. The molecule has 5 heteroatoms. The van der Waals surface area contributed by atoms with Gasteiger partial charge in [-0.3, -0.25) is 4.79 Å². The molecule has 0 atom stereocenters. The van der Waals surface area contributed by atoms with Gasteiger partial charge >= 0.3 is 0 Å². The summed E-state index contributed by atoms with van der Waals surface area (Å²) in [5.74, 6) is -1.01. The van der Waals surface area contributed by atoms with Gasteiger partial charge in [-0.25, -0.2) is 4.98 Å². The third kappa shape index (κ3) is 0.812. The quantitative estimate of drug-likeness (QED) is 0.538. The fourth-order valence-corrected chi connectivity index (χ4v) is 0.702. The third-order valence-corrected chi connectivity index (χ3v) is 1.15. The van der Waals surface area contributed by atoms with Crippen molar-refractivity contribution in [1.29, 1.82) is 0 Å². The Bertz CT molecular complexity index is 246. The summed E-state index contributed by atoms with van der Waals surface area (Å²) >= 11 is 0. The van der Waals surface area contributed by atoms with E-state index in [4.69, 9.17) is 10.8 Å². The predicted molar refractivity (Wildman–Crippen MR) is 33.4 cm³/mol. The van der Waals surface area contributed by atoms with Gasteiger partial charge in [0.05, 0.1) is 6.33 Å². The first-order valence-corrected chi connectivity index (χ1v) is 2.63. The molecule has 0 aliphatic heterocycles. The molecular formula is C5H7N3O2. The van der Waals surface area contributed by atoms with Gasteiger partial charge in [-0.1, -0.05) is 0 Å². The summed E-state index contributed by atoms with van der Waals surface area (Å²) in [5, 5.41) is 8.87. The Morgan fingerprint density at radius 1 is 1.90 bits per heavy atom. The van der Waals surface area contributed by atoms with E-state index in [0.29, 0.717) is 0 Å². The topological polar surface area (TPSA) is 81.1 Å². The number of nitrogens with zero attached hydrogens (tertiary/aromatic N) is 2. The van der Waals surface area contributed by atoms with Gasteiger partial charge in [0.25, 0.3) is 5.91 Å². The Kier molecular flexibility index (Phi) is 1.33. The van der Waals surface area contributed by atoms with E-state index in [1.54, 1.807) is 7.05 Å². The van der Waals surface area contributed by atoms with Gasteiger partial charge in [-0.15, -0.1) is 0 Å². The van der Waals surface area contributed by atoms with Crippen LogP contribution in [0.5, 0.6) is 5.88 Å². The van der Waals surface area contributed by atoms with Crippen LogP contribution in [-0.4, -0.2) is 20.6 Å². The van der Waals surface area contributed by atoms with Gasteiger partial charge in [0.1, 0.15) is 0 Å². The Balaban J connectivity index is 3.23. The van der Waals surface area contributed by atoms with E-state index in [1.807, 2.05) is 0 Å².